The third kappa shape index (κ3) is 3.91. The molecule has 0 aromatic carbocycles. The van der Waals surface area contributed by atoms with E-state index in [1.165, 1.54) is 0 Å². The average molecular weight is 391 g/mol. The van der Waals surface area contributed by atoms with Crippen molar-refractivity contribution in [1.29, 1.82) is 0 Å². The summed E-state index contributed by atoms with van der Waals surface area (Å²) in [6, 6.07) is 0.365. The molecular formula is C19H29N5O4. The first kappa shape index (κ1) is 19.3. The van der Waals surface area contributed by atoms with Crippen LogP contribution in [0.3, 0.4) is 0 Å². The van der Waals surface area contributed by atoms with Gasteiger partial charge in [0, 0.05) is 44.9 Å². The Morgan fingerprint density at radius 3 is 2.61 bits per heavy atom. The van der Waals surface area contributed by atoms with Gasteiger partial charge < -0.3 is 15.1 Å². The number of carboxylic acids is 1. The third-order valence-corrected chi connectivity index (χ3v) is 6.70. The van der Waals surface area contributed by atoms with E-state index in [2.05, 4.69) is 15.2 Å². The van der Waals surface area contributed by atoms with Gasteiger partial charge in [-0.1, -0.05) is 5.21 Å². The molecule has 9 nitrogen and oxygen atoms in total. The van der Waals surface area contributed by atoms with Crippen LogP contribution in [0, 0.1) is 17.8 Å². The van der Waals surface area contributed by atoms with Gasteiger partial charge in [0.25, 0.3) is 0 Å². The van der Waals surface area contributed by atoms with Gasteiger partial charge in [0.15, 0.2) is 0 Å². The molecule has 4 fully saturated rings. The summed E-state index contributed by atoms with van der Waals surface area (Å²) in [4.78, 5) is 28.5. The number of carboxylic acid groups (broad SMARTS) is 1. The molecule has 1 amide bonds. The van der Waals surface area contributed by atoms with Crippen LogP contribution in [0.2, 0.25) is 0 Å². The number of carbonyl (C=O) groups is 2. The van der Waals surface area contributed by atoms with Crippen LogP contribution in [0.25, 0.3) is 0 Å². The summed E-state index contributed by atoms with van der Waals surface area (Å²) in [5, 5.41) is 26.4. The lowest BCUT2D eigenvalue weighted by molar-refractivity contribution is -0.150. The summed E-state index contributed by atoms with van der Waals surface area (Å²) in [5.74, 6) is -0.415. The van der Waals surface area contributed by atoms with Crippen LogP contribution in [-0.2, 0) is 22.6 Å². The molecule has 0 spiro atoms. The molecule has 5 rings (SSSR count). The lowest BCUT2D eigenvalue weighted by atomic mass is 9.74. The SMILES string of the molecule is O=C(O)C1CCN(C(=O)[C@H]2CN3CCC2C[C@@H]3Cn2cc(CCO)nn2)CC1. The van der Waals surface area contributed by atoms with Crippen molar-refractivity contribution < 1.29 is 19.8 Å². The number of hydrogen-bond donors (Lipinski definition) is 2. The van der Waals surface area contributed by atoms with Crippen molar-refractivity contribution in [2.24, 2.45) is 17.8 Å². The number of aliphatic carboxylic acids is 1. The van der Waals surface area contributed by atoms with E-state index in [4.69, 9.17) is 10.2 Å². The van der Waals surface area contributed by atoms with Gasteiger partial charge in [0.2, 0.25) is 5.91 Å². The number of aliphatic hydroxyl groups excluding tert-OH is 1. The van der Waals surface area contributed by atoms with Gasteiger partial charge >= 0.3 is 5.97 Å². The van der Waals surface area contributed by atoms with Gasteiger partial charge in [-0.15, -0.1) is 5.10 Å². The maximum atomic E-state index is 13.1. The van der Waals surface area contributed by atoms with Crippen molar-refractivity contribution >= 4 is 11.9 Å². The fraction of sp³-hybridized carbons (Fsp3) is 0.789. The fourth-order valence-corrected chi connectivity index (χ4v) is 5.06. The first-order valence-corrected chi connectivity index (χ1v) is 10.3. The van der Waals surface area contributed by atoms with Crippen LogP contribution < -0.4 is 0 Å². The van der Waals surface area contributed by atoms with Crippen molar-refractivity contribution in [2.75, 3.05) is 32.8 Å². The Morgan fingerprint density at radius 2 is 1.96 bits per heavy atom. The Balaban J connectivity index is 1.33. The molecular weight excluding hydrogens is 362 g/mol. The van der Waals surface area contributed by atoms with E-state index in [1.54, 1.807) is 0 Å². The van der Waals surface area contributed by atoms with Gasteiger partial charge in [0.1, 0.15) is 0 Å². The lowest BCUT2D eigenvalue weighted by Gasteiger charge is -2.50. The molecule has 0 aliphatic carbocycles. The molecule has 4 saturated heterocycles. The molecule has 154 valence electrons. The number of fused-ring (bicyclic) bond motifs is 3. The minimum absolute atomic E-state index is 0.0343. The summed E-state index contributed by atoms with van der Waals surface area (Å²) in [5.41, 5.74) is 0.802. The highest BCUT2D eigenvalue weighted by Crippen LogP contribution is 2.38. The van der Waals surface area contributed by atoms with Gasteiger partial charge in [0.05, 0.1) is 24.1 Å². The third-order valence-electron chi connectivity index (χ3n) is 6.70. The van der Waals surface area contributed by atoms with Gasteiger partial charge in [-0.2, -0.15) is 0 Å². The molecule has 4 atom stereocenters. The van der Waals surface area contributed by atoms with Crippen molar-refractivity contribution in [1.82, 2.24) is 24.8 Å². The number of nitrogens with zero attached hydrogens (tertiary/aromatic N) is 5. The van der Waals surface area contributed by atoms with Crippen molar-refractivity contribution in [3.05, 3.63) is 11.9 Å². The molecule has 0 radical (unpaired) electrons. The first-order valence-electron chi connectivity index (χ1n) is 10.3. The highest BCUT2D eigenvalue weighted by atomic mass is 16.4. The topological polar surface area (TPSA) is 112 Å². The fourth-order valence-electron chi connectivity index (χ4n) is 5.06. The van der Waals surface area contributed by atoms with E-state index >= 15 is 0 Å². The highest BCUT2D eigenvalue weighted by molar-refractivity contribution is 5.80. The minimum Gasteiger partial charge on any atom is -0.481 e. The second-order valence-electron chi connectivity index (χ2n) is 8.38. The molecule has 4 aliphatic rings. The molecule has 0 saturated carbocycles. The van der Waals surface area contributed by atoms with Crippen LogP contribution in [0.4, 0.5) is 0 Å². The van der Waals surface area contributed by atoms with E-state index in [-0.39, 0.29) is 24.3 Å². The van der Waals surface area contributed by atoms with Crippen LogP contribution in [0.5, 0.6) is 0 Å². The van der Waals surface area contributed by atoms with Crippen LogP contribution in [0.15, 0.2) is 6.20 Å². The summed E-state index contributed by atoms with van der Waals surface area (Å²) >= 11 is 0. The number of aliphatic hydroxyl groups is 1. The average Bonchev–Trinajstić information content (AvgIpc) is 3.15. The smallest absolute Gasteiger partial charge is 0.306 e. The number of hydrogen-bond acceptors (Lipinski definition) is 6. The molecule has 4 aliphatic heterocycles. The minimum atomic E-state index is -0.743. The number of rotatable bonds is 6. The predicted molar refractivity (Wildman–Crippen MR) is 99.3 cm³/mol. The molecule has 2 N–H and O–H groups in total. The Bertz CT molecular complexity index is 715. The van der Waals surface area contributed by atoms with E-state index in [9.17, 15) is 9.59 Å². The predicted octanol–water partition coefficient (Wildman–Crippen LogP) is -0.153. The molecule has 5 heterocycles. The maximum Gasteiger partial charge on any atom is 0.306 e. The highest BCUT2D eigenvalue weighted by Gasteiger charge is 2.45. The molecule has 2 bridgehead atoms. The van der Waals surface area contributed by atoms with E-state index in [0.29, 0.717) is 44.3 Å². The standard InChI is InChI=1S/C19H29N5O4/c25-8-4-15-10-24(21-20-15)11-16-9-14-3-7-23(16)12-17(14)18(26)22-5-1-13(2-6-22)19(27)28/h10,13-14,16-17,25H,1-9,11-12H2,(H,27,28)/t14?,16-,17+/m1/s1. The lowest BCUT2D eigenvalue weighted by Crippen LogP contribution is -2.59. The van der Waals surface area contributed by atoms with Crippen molar-refractivity contribution in [2.45, 2.75) is 44.7 Å². The Hall–Kier alpha value is -2.00. The number of aromatic nitrogens is 3. The largest absolute Gasteiger partial charge is 0.481 e. The number of likely N-dealkylation sites (tertiary alicyclic amines) is 1. The summed E-state index contributed by atoms with van der Waals surface area (Å²) in [6.07, 6.45) is 5.57. The van der Waals surface area contributed by atoms with E-state index < -0.39 is 5.97 Å². The zero-order valence-corrected chi connectivity index (χ0v) is 16.1. The Morgan fingerprint density at radius 1 is 1.18 bits per heavy atom. The second-order valence-corrected chi connectivity index (χ2v) is 8.38. The van der Waals surface area contributed by atoms with Gasteiger partial charge in [-0.25, -0.2) is 0 Å². The second kappa shape index (κ2) is 8.16. The summed E-state index contributed by atoms with van der Waals surface area (Å²) in [7, 11) is 0. The number of carbonyl (C=O) groups excluding carboxylic acids is 1. The van der Waals surface area contributed by atoms with E-state index in [0.717, 1.165) is 38.2 Å². The summed E-state index contributed by atoms with van der Waals surface area (Å²) < 4.78 is 1.85. The van der Waals surface area contributed by atoms with Gasteiger partial charge in [-0.3, -0.25) is 19.2 Å². The van der Waals surface area contributed by atoms with Crippen LogP contribution in [0.1, 0.15) is 31.4 Å². The van der Waals surface area contributed by atoms with Crippen LogP contribution in [-0.4, -0.2) is 85.7 Å². The number of amides is 1. The monoisotopic (exact) mass is 391 g/mol. The molecule has 2 unspecified atom stereocenters. The zero-order chi connectivity index (χ0) is 19.7. The normalized spacial score (nSPS) is 30.5. The maximum absolute atomic E-state index is 13.1. The number of piperidine rings is 4. The molecule has 1 aromatic heterocycles. The van der Waals surface area contributed by atoms with Crippen molar-refractivity contribution in [3.8, 4) is 0 Å². The zero-order valence-electron chi connectivity index (χ0n) is 16.1. The van der Waals surface area contributed by atoms with Crippen LogP contribution >= 0.6 is 0 Å². The van der Waals surface area contributed by atoms with Crippen molar-refractivity contribution in [3.63, 3.8) is 0 Å². The first-order chi connectivity index (χ1) is 13.5. The Kier molecular flexibility index (Phi) is 5.63. The molecule has 28 heavy (non-hydrogen) atoms. The van der Waals surface area contributed by atoms with Gasteiger partial charge in [-0.05, 0) is 38.1 Å². The quantitative estimate of drug-likeness (QED) is 0.693. The molecule has 9 heteroatoms. The Labute approximate surface area is 164 Å². The van der Waals surface area contributed by atoms with E-state index in [1.807, 2.05) is 15.8 Å². The summed E-state index contributed by atoms with van der Waals surface area (Å²) in [6.45, 7) is 3.76. The molecule has 1 aromatic rings.